The second-order valence-electron chi connectivity index (χ2n) is 4.92. The summed E-state index contributed by atoms with van der Waals surface area (Å²) < 4.78 is 1.77. The van der Waals surface area contributed by atoms with Gasteiger partial charge in [0.1, 0.15) is 0 Å². The van der Waals surface area contributed by atoms with Crippen LogP contribution in [0.1, 0.15) is 10.4 Å². The molecule has 0 saturated carbocycles. The van der Waals surface area contributed by atoms with Crippen LogP contribution in [0.5, 0.6) is 0 Å². The van der Waals surface area contributed by atoms with Gasteiger partial charge in [-0.3, -0.25) is 4.79 Å². The van der Waals surface area contributed by atoms with Crippen LogP contribution in [-0.2, 0) is 6.54 Å². The van der Waals surface area contributed by atoms with Gasteiger partial charge in [-0.15, -0.1) is 0 Å². The quantitative estimate of drug-likeness (QED) is 0.545. The van der Waals surface area contributed by atoms with E-state index in [1.807, 2.05) is 66.9 Å². The minimum atomic E-state index is 0.0582. The van der Waals surface area contributed by atoms with E-state index >= 15 is 0 Å². The zero-order chi connectivity index (χ0) is 15.4. The highest BCUT2D eigenvalue weighted by atomic mass is 35.5. The van der Waals surface area contributed by atoms with Crippen molar-refractivity contribution in [3.8, 4) is 11.3 Å². The van der Waals surface area contributed by atoms with Crippen LogP contribution in [0.3, 0.4) is 0 Å². The fourth-order valence-corrected chi connectivity index (χ4v) is 2.37. The van der Waals surface area contributed by atoms with Gasteiger partial charge in [-0.05, 0) is 17.1 Å². The number of rotatable bonds is 4. The van der Waals surface area contributed by atoms with Gasteiger partial charge in [0.25, 0.3) is 6.33 Å². The number of carbonyl (C=O) groups is 1. The first-order valence-corrected chi connectivity index (χ1v) is 7.29. The summed E-state index contributed by atoms with van der Waals surface area (Å²) in [4.78, 5) is 16.5. The van der Waals surface area contributed by atoms with Crippen LogP contribution in [0, 0.1) is 0 Å². The third-order valence-electron chi connectivity index (χ3n) is 3.31. The molecule has 0 unspecified atom stereocenters. The van der Waals surface area contributed by atoms with Crippen LogP contribution in [0.25, 0.3) is 11.3 Å². The number of carbonyl (C=O) groups excluding carboxylic acids is 1. The summed E-state index contributed by atoms with van der Waals surface area (Å²) in [5.41, 5.74) is 2.48. The van der Waals surface area contributed by atoms with E-state index in [1.165, 1.54) is 0 Å². The summed E-state index contributed by atoms with van der Waals surface area (Å²) in [6.45, 7) is 0.271. The molecule has 0 aliphatic carbocycles. The van der Waals surface area contributed by atoms with Crippen LogP contribution in [-0.4, -0.2) is 10.8 Å². The molecule has 0 atom stereocenters. The molecule has 3 rings (SSSR count). The van der Waals surface area contributed by atoms with E-state index in [-0.39, 0.29) is 12.3 Å². The smallest absolute Gasteiger partial charge is 0.287 e. The summed E-state index contributed by atoms with van der Waals surface area (Å²) in [6.07, 6.45) is 3.52. The Morgan fingerprint density at radius 2 is 1.86 bits per heavy atom. The lowest BCUT2D eigenvalue weighted by Gasteiger charge is -2.01. The molecule has 0 N–H and O–H groups in total. The lowest BCUT2D eigenvalue weighted by Crippen LogP contribution is -2.37. The highest BCUT2D eigenvalue weighted by Gasteiger charge is 2.11. The highest BCUT2D eigenvalue weighted by molar-refractivity contribution is 6.30. The zero-order valence-corrected chi connectivity index (χ0v) is 12.6. The molecule has 22 heavy (non-hydrogen) atoms. The van der Waals surface area contributed by atoms with Crippen LogP contribution >= 0.6 is 11.6 Å². The van der Waals surface area contributed by atoms with Crippen molar-refractivity contribution in [2.24, 2.45) is 0 Å². The molecular weight excluding hydrogens is 296 g/mol. The van der Waals surface area contributed by atoms with Crippen molar-refractivity contribution in [2.75, 3.05) is 0 Å². The molecule has 1 aromatic heterocycles. The van der Waals surface area contributed by atoms with Crippen LogP contribution in [0.2, 0.25) is 5.02 Å². The standard InChI is InChI=1S/C18H14ClN2O/c19-16-8-4-7-15(11-16)17-9-10-21(13-20-17)12-18(22)14-5-2-1-3-6-14/h1-11,13H,12H2/q+1. The average molecular weight is 310 g/mol. The molecule has 3 aromatic rings. The predicted octanol–water partition coefficient (Wildman–Crippen LogP) is 3.57. The van der Waals surface area contributed by atoms with E-state index < -0.39 is 0 Å². The third-order valence-corrected chi connectivity index (χ3v) is 3.55. The van der Waals surface area contributed by atoms with Gasteiger partial charge in [0.05, 0.1) is 6.20 Å². The van der Waals surface area contributed by atoms with Gasteiger partial charge in [-0.2, -0.15) is 0 Å². The molecule has 0 bridgehead atoms. The monoisotopic (exact) mass is 309 g/mol. The first-order valence-electron chi connectivity index (χ1n) is 6.92. The largest absolute Gasteiger partial charge is 0.290 e. The SMILES string of the molecule is O=C(C[n+]1ccc(-c2cccc(Cl)c2)nc1)c1ccccc1. The average Bonchev–Trinajstić information content (AvgIpc) is 2.56. The van der Waals surface area contributed by atoms with E-state index in [0.29, 0.717) is 10.6 Å². The van der Waals surface area contributed by atoms with Crippen molar-refractivity contribution in [2.45, 2.75) is 6.54 Å². The van der Waals surface area contributed by atoms with Crippen molar-refractivity contribution in [1.29, 1.82) is 0 Å². The minimum absolute atomic E-state index is 0.0582. The molecule has 1 heterocycles. The number of benzene rings is 2. The van der Waals surface area contributed by atoms with Gasteiger partial charge in [0, 0.05) is 22.2 Å². The number of halogens is 1. The lowest BCUT2D eigenvalue weighted by atomic mass is 10.1. The molecule has 0 saturated heterocycles. The molecular formula is C18H14ClN2O+. The number of ketones is 1. The van der Waals surface area contributed by atoms with Gasteiger partial charge in [0.15, 0.2) is 12.2 Å². The van der Waals surface area contributed by atoms with Crippen LogP contribution in [0.4, 0.5) is 0 Å². The Hall–Kier alpha value is -2.52. The Balaban J connectivity index is 1.76. The first kappa shape index (κ1) is 14.4. The number of hydrogen-bond donors (Lipinski definition) is 0. The molecule has 0 spiro atoms. The maximum Gasteiger partial charge on any atom is 0.287 e. The Morgan fingerprint density at radius 3 is 2.55 bits per heavy atom. The van der Waals surface area contributed by atoms with Gasteiger partial charge >= 0.3 is 0 Å². The van der Waals surface area contributed by atoms with E-state index in [4.69, 9.17) is 11.6 Å². The lowest BCUT2D eigenvalue weighted by molar-refractivity contribution is -0.686. The van der Waals surface area contributed by atoms with Crippen molar-refractivity contribution >= 4 is 17.4 Å². The predicted molar refractivity (Wildman–Crippen MR) is 85.7 cm³/mol. The summed E-state index contributed by atoms with van der Waals surface area (Å²) >= 11 is 5.99. The molecule has 0 aliphatic rings. The summed E-state index contributed by atoms with van der Waals surface area (Å²) in [5.74, 6) is 0.0582. The normalized spacial score (nSPS) is 10.4. The van der Waals surface area contributed by atoms with Gasteiger partial charge < -0.3 is 0 Å². The van der Waals surface area contributed by atoms with Gasteiger partial charge in [-0.25, -0.2) is 4.57 Å². The number of Topliss-reactive ketones (excluding diaryl/α,β-unsaturated/α-hetero) is 1. The summed E-state index contributed by atoms with van der Waals surface area (Å²) in [5, 5.41) is 0.676. The summed E-state index contributed by atoms with van der Waals surface area (Å²) in [7, 11) is 0. The van der Waals surface area contributed by atoms with E-state index in [9.17, 15) is 4.79 Å². The Labute approximate surface area is 133 Å². The molecule has 2 aromatic carbocycles. The molecule has 4 heteroatoms. The molecule has 3 nitrogen and oxygen atoms in total. The molecule has 0 aliphatic heterocycles. The molecule has 0 fully saturated rings. The van der Waals surface area contributed by atoms with Gasteiger partial charge in [-0.1, -0.05) is 54.1 Å². The number of nitrogens with zero attached hydrogens (tertiary/aromatic N) is 2. The minimum Gasteiger partial charge on any atom is -0.290 e. The fourth-order valence-electron chi connectivity index (χ4n) is 2.18. The summed E-state index contributed by atoms with van der Waals surface area (Å²) in [6, 6.07) is 18.7. The van der Waals surface area contributed by atoms with E-state index in [2.05, 4.69) is 4.98 Å². The van der Waals surface area contributed by atoms with Crippen molar-refractivity contribution in [3.63, 3.8) is 0 Å². The topological polar surface area (TPSA) is 33.8 Å². The van der Waals surface area contributed by atoms with Crippen molar-refractivity contribution < 1.29 is 9.36 Å². The number of hydrogen-bond acceptors (Lipinski definition) is 2. The molecule has 0 radical (unpaired) electrons. The Bertz CT molecular complexity index is 786. The maximum absolute atomic E-state index is 12.1. The highest BCUT2D eigenvalue weighted by Crippen LogP contribution is 2.19. The zero-order valence-electron chi connectivity index (χ0n) is 11.8. The third kappa shape index (κ3) is 3.38. The molecule has 108 valence electrons. The fraction of sp³-hybridized carbons (Fsp3) is 0.0556. The van der Waals surface area contributed by atoms with E-state index in [0.717, 1.165) is 11.3 Å². The second-order valence-corrected chi connectivity index (χ2v) is 5.35. The van der Waals surface area contributed by atoms with Gasteiger partial charge in [0.2, 0.25) is 5.78 Å². The van der Waals surface area contributed by atoms with Crippen molar-refractivity contribution in [3.05, 3.63) is 83.8 Å². The Morgan fingerprint density at radius 1 is 1.05 bits per heavy atom. The number of aromatic nitrogens is 2. The van der Waals surface area contributed by atoms with Crippen LogP contribution in [0.15, 0.2) is 73.2 Å². The maximum atomic E-state index is 12.1. The first-order chi connectivity index (χ1) is 10.7. The Kier molecular flexibility index (Phi) is 4.26. The van der Waals surface area contributed by atoms with E-state index in [1.54, 1.807) is 10.9 Å². The van der Waals surface area contributed by atoms with Crippen LogP contribution < -0.4 is 4.57 Å². The second kappa shape index (κ2) is 6.50. The van der Waals surface area contributed by atoms with Crippen molar-refractivity contribution in [1.82, 2.24) is 4.98 Å². The molecule has 0 amide bonds.